The van der Waals surface area contributed by atoms with E-state index < -0.39 is 0 Å². The topological polar surface area (TPSA) is 47.4 Å². The van der Waals surface area contributed by atoms with E-state index in [1.807, 2.05) is 28.8 Å². The van der Waals surface area contributed by atoms with Gasteiger partial charge in [0.25, 0.3) is 0 Å². The van der Waals surface area contributed by atoms with E-state index in [4.69, 9.17) is 16.3 Å². The smallest absolute Gasteiger partial charge is 0.348 e. The fourth-order valence-electron chi connectivity index (χ4n) is 3.95. The number of aromatic nitrogens is 2. The number of hydrogen-bond donors (Lipinski definition) is 0. The summed E-state index contributed by atoms with van der Waals surface area (Å²) in [4.78, 5) is 19.6. The number of fused-ring (bicyclic) bond motifs is 1. The largest absolute Gasteiger partial charge is 0.379 e. The van der Waals surface area contributed by atoms with Crippen molar-refractivity contribution in [3.63, 3.8) is 0 Å². The maximum absolute atomic E-state index is 12.7. The number of hydrogen-bond acceptors (Lipinski definition) is 5. The molecule has 1 aromatic carbocycles. The molecule has 0 atom stereocenters. The van der Waals surface area contributed by atoms with Crippen molar-refractivity contribution in [2.75, 3.05) is 32.8 Å². The van der Waals surface area contributed by atoms with Gasteiger partial charge in [0.1, 0.15) is 5.03 Å². The van der Waals surface area contributed by atoms with Crippen molar-refractivity contribution in [2.24, 2.45) is 0 Å². The van der Waals surface area contributed by atoms with Gasteiger partial charge in [-0.3, -0.25) is 9.47 Å². The first kappa shape index (κ1) is 20.0. The third kappa shape index (κ3) is 4.79. The zero-order valence-electron chi connectivity index (χ0n) is 16.0. The van der Waals surface area contributed by atoms with Crippen LogP contribution in [0.25, 0.3) is 0 Å². The second-order valence-corrected chi connectivity index (χ2v) is 8.75. The summed E-state index contributed by atoms with van der Waals surface area (Å²) < 4.78 is 7.33. The molecule has 1 aromatic heterocycles. The molecule has 2 aliphatic rings. The van der Waals surface area contributed by atoms with E-state index >= 15 is 0 Å². The van der Waals surface area contributed by atoms with Gasteiger partial charge in [-0.25, -0.2) is 4.79 Å². The molecule has 1 fully saturated rings. The quantitative estimate of drug-likeness (QED) is 0.508. The van der Waals surface area contributed by atoms with Crippen LogP contribution in [0.4, 0.5) is 0 Å². The molecule has 2 aromatic rings. The molecule has 4 rings (SSSR count). The van der Waals surface area contributed by atoms with Crippen LogP contribution < -0.4 is 5.69 Å². The van der Waals surface area contributed by atoms with Crippen molar-refractivity contribution in [3.05, 3.63) is 56.6 Å². The number of ether oxygens (including phenoxy) is 1. The van der Waals surface area contributed by atoms with Gasteiger partial charge in [0.2, 0.25) is 0 Å². The van der Waals surface area contributed by atoms with Crippen LogP contribution in [0.3, 0.4) is 0 Å². The number of nitrogens with zero attached hydrogens (tertiary/aromatic N) is 3. The van der Waals surface area contributed by atoms with Crippen LogP contribution in [0.2, 0.25) is 5.02 Å². The Labute approximate surface area is 175 Å². The van der Waals surface area contributed by atoms with Crippen molar-refractivity contribution in [3.8, 4) is 0 Å². The molecule has 7 heteroatoms. The highest BCUT2D eigenvalue weighted by Gasteiger charge is 2.22. The second-order valence-electron chi connectivity index (χ2n) is 7.35. The number of thioether (sulfide) groups is 1. The lowest BCUT2D eigenvalue weighted by Crippen LogP contribution is -2.37. The summed E-state index contributed by atoms with van der Waals surface area (Å²) in [6, 6.07) is 7.87. The van der Waals surface area contributed by atoms with Gasteiger partial charge >= 0.3 is 5.69 Å². The third-order valence-electron chi connectivity index (χ3n) is 5.45. The zero-order valence-corrected chi connectivity index (χ0v) is 17.6. The molecule has 150 valence electrons. The maximum Gasteiger partial charge on any atom is 0.348 e. The molecule has 2 heterocycles. The summed E-state index contributed by atoms with van der Waals surface area (Å²) in [5, 5.41) is 1.66. The number of morpholine rings is 1. The Kier molecular flexibility index (Phi) is 6.73. The van der Waals surface area contributed by atoms with E-state index in [2.05, 4.69) is 9.88 Å². The molecule has 1 aliphatic heterocycles. The lowest BCUT2D eigenvalue weighted by atomic mass is 10.2. The van der Waals surface area contributed by atoms with Gasteiger partial charge in [-0.2, -0.15) is 4.98 Å². The van der Waals surface area contributed by atoms with Crippen molar-refractivity contribution in [1.82, 2.24) is 14.5 Å². The van der Waals surface area contributed by atoms with Crippen molar-refractivity contribution in [2.45, 2.75) is 43.0 Å². The number of halogens is 1. The molecule has 28 heavy (non-hydrogen) atoms. The van der Waals surface area contributed by atoms with Crippen LogP contribution in [0.1, 0.15) is 29.7 Å². The van der Waals surface area contributed by atoms with E-state index in [1.54, 1.807) is 11.8 Å². The molecule has 1 aliphatic carbocycles. The van der Waals surface area contributed by atoms with E-state index in [0.29, 0.717) is 0 Å². The minimum Gasteiger partial charge on any atom is -0.379 e. The average molecular weight is 420 g/mol. The molecule has 0 bridgehead atoms. The summed E-state index contributed by atoms with van der Waals surface area (Å²) in [5.41, 5.74) is 3.59. The molecular formula is C21H26ClN3O2S. The highest BCUT2D eigenvalue weighted by atomic mass is 35.5. The van der Waals surface area contributed by atoms with E-state index in [1.165, 1.54) is 16.8 Å². The summed E-state index contributed by atoms with van der Waals surface area (Å²) >= 11 is 7.63. The van der Waals surface area contributed by atoms with Gasteiger partial charge in [0, 0.05) is 48.2 Å². The average Bonchev–Trinajstić information content (AvgIpc) is 3.20. The predicted molar refractivity (Wildman–Crippen MR) is 113 cm³/mol. The molecule has 0 saturated carbocycles. The normalized spacial score (nSPS) is 17.0. The standard InChI is InChI=1S/C21H26ClN3O2S/c22-17-7-5-16(6-8-17)15-28-20-18-3-1-4-19(18)25(21(26)23-20)10-2-9-24-11-13-27-14-12-24/h5-8H,1-4,9-15H2. The van der Waals surface area contributed by atoms with Gasteiger partial charge in [0.05, 0.1) is 13.2 Å². The first-order chi connectivity index (χ1) is 13.7. The van der Waals surface area contributed by atoms with Crippen molar-refractivity contribution < 1.29 is 4.74 Å². The summed E-state index contributed by atoms with van der Waals surface area (Å²) in [6.07, 6.45) is 4.10. The zero-order chi connectivity index (χ0) is 19.3. The Morgan fingerprint density at radius 3 is 2.68 bits per heavy atom. The molecule has 0 amide bonds. The first-order valence-corrected chi connectivity index (χ1v) is 11.4. The molecule has 1 saturated heterocycles. The Balaban J connectivity index is 1.43. The highest BCUT2D eigenvalue weighted by molar-refractivity contribution is 7.98. The van der Waals surface area contributed by atoms with Gasteiger partial charge in [-0.1, -0.05) is 23.7 Å². The van der Waals surface area contributed by atoms with Gasteiger partial charge in [-0.05, 0) is 43.4 Å². The Bertz CT molecular complexity index is 863. The maximum atomic E-state index is 12.7. The van der Waals surface area contributed by atoms with Crippen molar-refractivity contribution in [1.29, 1.82) is 0 Å². The number of rotatable bonds is 7. The molecule has 0 N–H and O–H groups in total. The van der Waals surface area contributed by atoms with E-state index in [-0.39, 0.29) is 5.69 Å². The molecule has 5 nitrogen and oxygen atoms in total. The SMILES string of the molecule is O=c1nc(SCc2ccc(Cl)cc2)c2c(n1CCCN1CCOCC1)CCC2. The fourth-order valence-corrected chi connectivity index (χ4v) is 5.10. The van der Waals surface area contributed by atoms with Crippen LogP contribution in [-0.2, 0) is 29.9 Å². The molecule has 0 unspecified atom stereocenters. The Morgan fingerprint density at radius 1 is 1.11 bits per heavy atom. The Morgan fingerprint density at radius 2 is 1.89 bits per heavy atom. The van der Waals surface area contributed by atoms with E-state index in [0.717, 1.165) is 80.9 Å². The van der Waals surface area contributed by atoms with Gasteiger partial charge < -0.3 is 4.74 Å². The first-order valence-electron chi connectivity index (χ1n) is 10.0. The van der Waals surface area contributed by atoms with E-state index in [9.17, 15) is 4.79 Å². The van der Waals surface area contributed by atoms with Crippen LogP contribution in [0, 0.1) is 0 Å². The summed E-state index contributed by atoms with van der Waals surface area (Å²) in [6.45, 7) is 5.38. The fraction of sp³-hybridized carbons (Fsp3) is 0.524. The minimum atomic E-state index is -0.0961. The van der Waals surface area contributed by atoms with Crippen LogP contribution in [0.15, 0.2) is 34.1 Å². The summed E-state index contributed by atoms with van der Waals surface area (Å²) in [7, 11) is 0. The molecular weight excluding hydrogens is 394 g/mol. The molecule has 0 radical (unpaired) electrons. The monoisotopic (exact) mass is 419 g/mol. The number of benzene rings is 1. The predicted octanol–water partition coefficient (Wildman–Crippen LogP) is 3.40. The van der Waals surface area contributed by atoms with Crippen LogP contribution in [0.5, 0.6) is 0 Å². The van der Waals surface area contributed by atoms with Gasteiger partial charge in [-0.15, -0.1) is 11.8 Å². The Hall–Kier alpha value is -1.34. The lowest BCUT2D eigenvalue weighted by Gasteiger charge is -2.26. The van der Waals surface area contributed by atoms with Crippen LogP contribution >= 0.6 is 23.4 Å². The third-order valence-corrected chi connectivity index (χ3v) is 6.79. The van der Waals surface area contributed by atoms with Gasteiger partial charge in [0.15, 0.2) is 0 Å². The van der Waals surface area contributed by atoms with Crippen LogP contribution in [-0.4, -0.2) is 47.3 Å². The minimum absolute atomic E-state index is 0.0961. The lowest BCUT2D eigenvalue weighted by molar-refractivity contribution is 0.0368. The highest BCUT2D eigenvalue weighted by Crippen LogP contribution is 2.31. The summed E-state index contributed by atoms with van der Waals surface area (Å²) in [5.74, 6) is 0.803. The molecule has 0 spiro atoms. The second kappa shape index (κ2) is 9.44. The van der Waals surface area contributed by atoms with Crippen molar-refractivity contribution >= 4 is 23.4 Å².